The van der Waals surface area contributed by atoms with Crippen LogP contribution in [0.2, 0.25) is 0 Å². The Morgan fingerprint density at radius 3 is 2.59 bits per heavy atom. The molecule has 2 amide bonds. The van der Waals surface area contributed by atoms with E-state index < -0.39 is 11.2 Å². The van der Waals surface area contributed by atoms with Crippen LogP contribution in [0.4, 0.5) is 5.00 Å². The van der Waals surface area contributed by atoms with Gasteiger partial charge in [0, 0.05) is 11.8 Å². The lowest BCUT2D eigenvalue weighted by Crippen LogP contribution is -2.26. The molecule has 3 N–H and O–H groups in total. The van der Waals surface area contributed by atoms with Crippen molar-refractivity contribution in [2.75, 3.05) is 5.32 Å². The first-order valence-corrected chi connectivity index (χ1v) is 9.06. The molecule has 2 rings (SSSR count). The summed E-state index contributed by atoms with van der Waals surface area (Å²) in [6, 6.07) is 0. The minimum atomic E-state index is -0.498. The molecule has 0 radical (unpaired) electrons. The van der Waals surface area contributed by atoms with Gasteiger partial charge < -0.3 is 11.1 Å². The highest BCUT2D eigenvalue weighted by Gasteiger charge is 2.27. The fourth-order valence-electron chi connectivity index (χ4n) is 2.63. The van der Waals surface area contributed by atoms with Gasteiger partial charge in [-0.25, -0.2) is 0 Å². The zero-order chi connectivity index (χ0) is 16.3. The van der Waals surface area contributed by atoms with E-state index in [-0.39, 0.29) is 11.0 Å². The highest BCUT2D eigenvalue weighted by atomic mass is 32.2. The third-order valence-corrected chi connectivity index (χ3v) is 6.00. The summed E-state index contributed by atoms with van der Waals surface area (Å²) in [5.41, 5.74) is 6.95. The Balaban J connectivity index is 2.25. The molecule has 0 saturated carbocycles. The Hall–Kier alpha value is -1.34. The topological polar surface area (TPSA) is 89.3 Å². The Morgan fingerprint density at radius 1 is 1.32 bits per heavy atom. The molecule has 0 fully saturated rings. The van der Waals surface area contributed by atoms with Gasteiger partial charge in [-0.1, -0.05) is 18.7 Å². The van der Waals surface area contributed by atoms with Crippen LogP contribution >= 0.6 is 23.1 Å². The zero-order valence-electron chi connectivity index (χ0n) is 12.7. The number of anilines is 1. The van der Waals surface area contributed by atoms with E-state index in [1.807, 2.05) is 6.92 Å². The molecule has 1 aromatic rings. The maximum atomic E-state index is 12.3. The predicted octanol–water partition coefficient (Wildman–Crippen LogP) is 2.72. The van der Waals surface area contributed by atoms with Crippen LogP contribution in [0.1, 0.15) is 53.9 Å². The van der Waals surface area contributed by atoms with E-state index in [0.717, 1.165) is 47.9 Å². The SMILES string of the molecule is CC[C@@H](SC(C)=O)C(=O)Nc1sc2c(c1C(N)=O)CCCC2. The van der Waals surface area contributed by atoms with Crippen LogP contribution in [0, 0.1) is 0 Å². The van der Waals surface area contributed by atoms with Gasteiger partial charge >= 0.3 is 0 Å². The van der Waals surface area contributed by atoms with E-state index in [2.05, 4.69) is 5.32 Å². The molecule has 22 heavy (non-hydrogen) atoms. The van der Waals surface area contributed by atoms with Crippen molar-refractivity contribution in [1.29, 1.82) is 0 Å². The lowest BCUT2D eigenvalue weighted by Gasteiger charge is -2.13. The molecule has 1 heterocycles. The van der Waals surface area contributed by atoms with Gasteiger partial charge in [-0.3, -0.25) is 14.4 Å². The Morgan fingerprint density at radius 2 is 2.00 bits per heavy atom. The number of rotatable bonds is 5. The highest BCUT2D eigenvalue weighted by molar-refractivity contribution is 8.14. The summed E-state index contributed by atoms with van der Waals surface area (Å²) in [6.45, 7) is 3.30. The third-order valence-electron chi connectivity index (χ3n) is 3.63. The molecule has 0 aromatic carbocycles. The normalized spacial score (nSPS) is 15.0. The molecule has 1 aromatic heterocycles. The summed E-state index contributed by atoms with van der Waals surface area (Å²) in [6.07, 6.45) is 4.44. The van der Waals surface area contributed by atoms with Crippen LogP contribution in [-0.2, 0) is 22.4 Å². The van der Waals surface area contributed by atoms with Gasteiger partial charge in [0.1, 0.15) is 5.00 Å². The Kier molecular flexibility index (Phi) is 5.63. The number of thiophene rings is 1. The summed E-state index contributed by atoms with van der Waals surface area (Å²) in [5, 5.41) is 2.80. The summed E-state index contributed by atoms with van der Waals surface area (Å²) in [4.78, 5) is 36.5. The molecule has 5 nitrogen and oxygen atoms in total. The number of aryl methyl sites for hydroxylation is 1. The van der Waals surface area contributed by atoms with Crippen LogP contribution in [0.25, 0.3) is 0 Å². The number of amides is 2. The van der Waals surface area contributed by atoms with Crippen LogP contribution in [-0.4, -0.2) is 22.2 Å². The first-order chi connectivity index (χ1) is 10.4. The third kappa shape index (κ3) is 3.70. The predicted molar refractivity (Wildman–Crippen MR) is 90.5 cm³/mol. The van der Waals surface area contributed by atoms with Gasteiger partial charge in [0.05, 0.1) is 10.8 Å². The number of nitrogens with two attached hydrogens (primary N) is 1. The molecular weight excluding hydrogens is 320 g/mol. The quantitative estimate of drug-likeness (QED) is 0.862. The number of hydrogen-bond donors (Lipinski definition) is 2. The lowest BCUT2D eigenvalue weighted by molar-refractivity contribution is -0.116. The first kappa shape index (κ1) is 17.0. The Bertz CT molecular complexity index is 610. The van der Waals surface area contributed by atoms with Crippen molar-refractivity contribution in [3.8, 4) is 0 Å². The van der Waals surface area contributed by atoms with Gasteiger partial charge in [0.15, 0.2) is 5.12 Å². The van der Waals surface area contributed by atoms with Crippen LogP contribution in [0.5, 0.6) is 0 Å². The molecule has 0 unspecified atom stereocenters. The van der Waals surface area contributed by atoms with E-state index in [1.54, 1.807) is 0 Å². The molecule has 0 spiro atoms. The summed E-state index contributed by atoms with van der Waals surface area (Å²) >= 11 is 2.45. The monoisotopic (exact) mass is 340 g/mol. The summed E-state index contributed by atoms with van der Waals surface area (Å²) in [5.74, 6) is -0.745. The van der Waals surface area contributed by atoms with E-state index in [1.165, 1.54) is 18.3 Å². The number of thioether (sulfide) groups is 1. The van der Waals surface area contributed by atoms with Gasteiger partial charge in [-0.15, -0.1) is 11.3 Å². The molecule has 1 aliphatic carbocycles. The fraction of sp³-hybridized carbons (Fsp3) is 0.533. The average Bonchev–Trinajstić information content (AvgIpc) is 2.82. The minimum absolute atomic E-state index is 0.0948. The molecule has 0 aliphatic heterocycles. The van der Waals surface area contributed by atoms with Gasteiger partial charge in [-0.05, 0) is 37.7 Å². The second kappa shape index (κ2) is 7.28. The largest absolute Gasteiger partial charge is 0.365 e. The minimum Gasteiger partial charge on any atom is -0.365 e. The second-order valence-corrected chi connectivity index (χ2v) is 7.76. The van der Waals surface area contributed by atoms with Crippen molar-refractivity contribution in [2.24, 2.45) is 5.73 Å². The van der Waals surface area contributed by atoms with Gasteiger partial charge in [0.2, 0.25) is 5.91 Å². The van der Waals surface area contributed by atoms with Crippen molar-refractivity contribution in [2.45, 2.75) is 51.2 Å². The van der Waals surface area contributed by atoms with E-state index >= 15 is 0 Å². The number of carbonyl (C=O) groups excluding carboxylic acids is 3. The van der Waals surface area contributed by atoms with Crippen molar-refractivity contribution in [3.63, 3.8) is 0 Å². The van der Waals surface area contributed by atoms with E-state index in [9.17, 15) is 14.4 Å². The molecular formula is C15H20N2O3S2. The molecule has 1 atom stereocenters. The van der Waals surface area contributed by atoms with Crippen LogP contribution < -0.4 is 11.1 Å². The zero-order valence-corrected chi connectivity index (χ0v) is 14.4. The number of carbonyl (C=O) groups is 3. The number of primary amides is 1. The maximum absolute atomic E-state index is 12.3. The average molecular weight is 340 g/mol. The summed E-state index contributed by atoms with van der Waals surface area (Å²) in [7, 11) is 0. The Labute approximate surface area is 138 Å². The van der Waals surface area contributed by atoms with Gasteiger partial charge in [-0.2, -0.15) is 0 Å². The molecule has 1 aliphatic rings. The number of hydrogen-bond acceptors (Lipinski definition) is 5. The van der Waals surface area contributed by atoms with Crippen LogP contribution in [0.15, 0.2) is 0 Å². The highest BCUT2D eigenvalue weighted by Crippen LogP contribution is 2.38. The van der Waals surface area contributed by atoms with Gasteiger partial charge in [0.25, 0.3) is 5.91 Å². The summed E-state index contributed by atoms with van der Waals surface area (Å²) < 4.78 is 0. The van der Waals surface area contributed by atoms with Crippen molar-refractivity contribution in [1.82, 2.24) is 0 Å². The molecule has 7 heteroatoms. The maximum Gasteiger partial charge on any atom is 0.251 e. The molecule has 0 bridgehead atoms. The van der Waals surface area contributed by atoms with Crippen LogP contribution in [0.3, 0.4) is 0 Å². The number of fused-ring (bicyclic) bond motifs is 1. The smallest absolute Gasteiger partial charge is 0.251 e. The molecule has 120 valence electrons. The number of nitrogens with one attached hydrogen (secondary N) is 1. The fourth-order valence-corrected chi connectivity index (χ4v) is 4.66. The van der Waals surface area contributed by atoms with E-state index in [0.29, 0.717) is 17.0 Å². The second-order valence-electron chi connectivity index (χ2n) is 5.27. The van der Waals surface area contributed by atoms with E-state index in [4.69, 9.17) is 5.73 Å². The van der Waals surface area contributed by atoms with Crippen molar-refractivity contribution < 1.29 is 14.4 Å². The first-order valence-electron chi connectivity index (χ1n) is 7.36. The lowest BCUT2D eigenvalue weighted by atomic mass is 9.95. The standard InChI is InChI=1S/C15H20N2O3S2/c1-3-10(21-8(2)18)14(20)17-15-12(13(16)19)9-6-4-5-7-11(9)22-15/h10H,3-7H2,1-2H3,(H2,16,19)(H,17,20)/t10-/m1/s1. The van der Waals surface area contributed by atoms with Crippen molar-refractivity contribution >= 4 is 45.0 Å². The van der Waals surface area contributed by atoms with Crippen molar-refractivity contribution in [3.05, 3.63) is 16.0 Å². The molecule has 0 saturated heterocycles.